The molecule has 0 aliphatic rings. The lowest BCUT2D eigenvalue weighted by Gasteiger charge is -2.25. The van der Waals surface area contributed by atoms with Crippen LogP contribution in [0.5, 0.6) is 5.75 Å². The number of hydrogen-bond donors (Lipinski definition) is 1. The van der Waals surface area contributed by atoms with Crippen molar-refractivity contribution in [3.63, 3.8) is 0 Å². The van der Waals surface area contributed by atoms with E-state index in [1.54, 1.807) is 14.0 Å². The van der Waals surface area contributed by atoms with Gasteiger partial charge in [-0.25, -0.2) is 0 Å². The maximum atomic E-state index is 10.8. The van der Waals surface area contributed by atoms with Crippen LogP contribution in [-0.4, -0.2) is 12.2 Å². The Morgan fingerprint density at radius 3 is 2.37 bits per heavy atom. The Bertz CT molecular complexity index is 591. The normalized spacial score (nSPS) is 13.9. The van der Waals surface area contributed by atoms with Crippen LogP contribution in [0.25, 0.3) is 0 Å². The number of aryl methyl sites for hydroxylation is 1. The van der Waals surface area contributed by atoms with Gasteiger partial charge in [0.2, 0.25) is 0 Å². The quantitative estimate of drug-likeness (QED) is 0.925. The zero-order chi connectivity index (χ0) is 14.0. The van der Waals surface area contributed by atoms with E-state index in [1.165, 1.54) is 0 Å². The fourth-order valence-corrected chi connectivity index (χ4v) is 2.54. The second-order valence-corrected chi connectivity index (χ2v) is 5.68. The molecule has 3 heteroatoms. The molecule has 1 N–H and O–H groups in total. The van der Waals surface area contributed by atoms with Gasteiger partial charge in [-0.05, 0) is 54.8 Å². The molecule has 0 radical (unpaired) electrons. The van der Waals surface area contributed by atoms with Crippen molar-refractivity contribution in [3.05, 3.63) is 63.6 Å². The van der Waals surface area contributed by atoms with Gasteiger partial charge in [-0.2, -0.15) is 0 Å². The summed E-state index contributed by atoms with van der Waals surface area (Å²) in [5.41, 5.74) is 1.69. The number of rotatable bonds is 3. The second kappa shape index (κ2) is 5.35. The first kappa shape index (κ1) is 14.1. The summed E-state index contributed by atoms with van der Waals surface area (Å²) >= 11 is 3.43. The number of aliphatic hydroxyl groups is 1. The molecule has 0 bridgehead atoms. The maximum absolute atomic E-state index is 10.8. The Labute approximate surface area is 122 Å². The molecule has 0 amide bonds. The summed E-state index contributed by atoms with van der Waals surface area (Å²) in [5.74, 6) is 0.828. The smallest absolute Gasteiger partial charge is 0.121 e. The van der Waals surface area contributed by atoms with E-state index in [-0.39, 0.29) is 0 Å². The fraction of sp³-hybridized carbons (Fsp3) is 0.250. The predicted octanol–water partition coefficient (Wildman–Crippen LogP) is 4.02. The van der Waals surface area contributed by atoms with Crippen LogP contribution in [-0.2, 0) is 5.60 Å². The highest BCUT2D eigenvalue weighted by molar-refractivity contribution is 9.10. The molecule has 0 saturated heterocycles. The van der Waals surface area contributed by atoms with Crippen LogP contribution < -0.4 is 4.74 Å². The Morgan fingerprint density at radius 1 is 1.11 bits per heavy atom. The van der Waals surface area contributed by atoms with Crippen molar-refractivity contribution >= 4 is 15.9 Å². The molecule has 0 aliphatic heterocycles. The van der Waals surface area contributed by atoms with E-state index in [9.17, 15) is 5.11 Å². The third-order valence-electron chi connectivity index (χ3n) is 3.34. The molecule has 2 rings (SSSR count). The number of hydrogen-bond acceptors (Lipinski definition) is 2. The Morgan fingerprint density at radius 2 is 1.79 bits per heavy atom. The van der Waals surface area contributed by atoms with E-state index in [0.717, 1.165) is 26.9 Å². The SMILES string of the molecule is COc1ccc(C(C)(O)c2cccc(Br)c2)cc1C. The van der Waals surface area contributed by atoms with Gasteiger partial charge in [0, 0.05) is 4.47 Å². The fourth-order valence-electron chi connectivity index (χ4n) is 2.14. The molecule has 0 aromatic heterocycles. The highest BCUT2D eigenvalue weighted by atomic mass is 79.9. The molecule has 0 spiro atoms. The van der Waals surface area contributed by atoms with Crippen LogP contribution in [0.3, 0.4) is 0 Å². The standard InChI is InChI=1S/C16H17BrO2/c1-11-9-13(7-8-15(11)19-3)16(2,18)12-5-4-6-14(17)10-12/h4-10,18H,1-3H3. The molecule has 2 aromatic rings. The first-order valence-corrected chi connectivity index (χ1v) is 6.88. The maximum Gasteiger partial charge on any atom is 0.121 e. The minimum absolute atomic E-state index is 0.828. The first-order valence-electron chi connectivity index (χ1n) is 6.08. The minimum atomic E-state index is -1.03. The Hall–Kier alpha value is -1.32. The van der Waals surface area contributed by atoms with Crippen LogP contribution in [0.15, 0.2) is 46.9 Å². The van der Waals surface area contributed by atoms with Gasteiger partial charge in [0.15, 0.2) is 0 Å². The number of halogens is 1. The summed E-state index contributed by atoms with van der Waals surface area (Å²) < 4.78 is 6.20. The summed E-state index contributed by atoms with van der Waals surface area (Å²) in [7, 11) is 1.65. The lowest BCUT2D eigenvalue weighted by Crippen LogP contribution is -2.22. The van der Waals surface area contributed by atoms with Gasteiger partial charge < -0.3 is 9.84 Å². The van der Waals surface area contributed by atoms with Gasteiger partial charge in [-0.1, -0.05) is 34.1 Å². The average Bonchev–Trinajstić information content (AvgIpc) is 2.38. The molecule has 1 unspecified atom stereocenters. The van der Waals surface area contributed by atoms with Crippen LogP contribution in [0, 0.1) is 6.92 Å². The second-order valence-electron chi connectivity index (χ2n) is 4.77. The van der Waals surface area contributed by atoms with Crippen LogP contribution in [0.4, 0.5) is 0 Å². The van der Waals surface area contributed by atoms with Crippen molar-refractivity contribution in [1.29, 1.82) is 0 Å². The van der Waals surface area contributed by atoms with Crippen LogP contribution in [0.2, 0.25) is 0 Å². The van der Waals surface area contributed by atoms with Crippen molar-refractivity contribution < 1.29 is 9.84 Å². The Balaban J connectivity index is 2.47. The summed E-state index contributed by atoms with van der Waals surface area (Å²) in [6, 6.07) is 13.5. The van der Waals surface area contributed by atoms with E-state index < -0.39 is 5.60 Å². The highest BCUT2D eigenvalue weighted by Crippen LogP contribution is 2.32. The molecule has 2 nitrogen and oxygen atoms in total. The monoisotopic (exact) mass is 320 g/mol. The molecule has 2 aromatic carbocycles. The largest absolute Gasteiger partial charge is 0.496 e. The zero-order valence-corrected chi connectivity index (χ0v) is 12.9. The van der Waals surface area contributed by atoms with Crippen molar-refractivity contribution in [2.75, 3.05) is 7.11 Å². The number of ether oxygens (including phenoxy) is 1. The molecule has 1 atom stereocenters. The molecular weight excluding hydrogens is 304 g/mol. The zero-order valence-electron chi connectivity index (χ0n) is 11.3. The molecule has 19 heavy (non-hydrogen) atoms. The summed E-state index contributed by atoms with van der Waals surface area (Å²) in [5, 5.41) is 10.8. The third kappa shape index (κ3) is 2.82. The topological polar surface area (TPSA) is 29.5 Å². The highest BCUT2D eigenvalue weighted by Gasteiger charge is 2.26. The van der Waals surface area contributed by atoms with Crippen molar-refractivity contribution in [1.82, 2.24) is 0 Å². The summed E-state index contributed by atoms with van der Waals surface area (Å²) in [6.07, 6.45) is 0. The minimum Gasteiger partial charge on any atom is -0.496 e. The van der Waals surface area contributed by atoms with Gasteiger partial charge in [-0.15, -0.1) is 0 Å². The number of methoxy groups -OCH3 is 1. The van der Waals surface area contributed by atoms with Gasteiger partial charge >= 0.3 is 0 Å². The lowest BCUT2D eigenvalue weighted by atomic mass is 9.87. The van der Waals surface area contributed by atoms with Crippen LogP contribution in [0.1, 0.15) is 23.6 Å². The van der Waals surface area contributed by atoms with E-state index in [1.807, 2.05) is 49.4 Å². The van der Waals surface area contributed by atoms with Gasteiger partial charge in [0.25, 0.3) is 0 Å². The van der Waals surface area contributed by atoms with Gasteiger partial charge in [0.05, 0.1) is 7.11 Å². The average molecular weight is 321 g/mol. The third-order valence-corrected chi connectivity index (χ3v) is 3.84. The Kier molecular flexibility index (Phi) is 3.97. The molecule has 0 fully saturated rings. The van der Waals surface area contributed by atoms with E-state index in [2.05, 4.69) is 15.9 Å². The predicted molar refractivity (Wildman–Crippen MR) is 80.5 cm³/mol. The summed E-state index contributed by atoms with van der Waals surface area (Å²) in [4.78, 5) is 0. The number of benzene rings is 2. The van der Waals surface area contributed by atoms with Crippen molar-refractivity contribution in [2.45, 2.75) is 19.4 Å². The molecule has 0 heterocycles. The van der Waals surface area contributed by atoms with E-state index >= 15 is 0 Å². The first-order chi connectivity index (χ1) is 8.95. The lowest BCUT2D eigenvalue weighted by molar-refractivity contribution is 0.102. The van der Waals surface area contributed by atoms with Crippen molar-refractivity contribution in [3.8, 4) is 5.75 Å². The van der Waals surface area contributed by atoms with Crippen molar-refractivity contribution in [2.24, 2.45) is 0 Å². The summed E-state index contributed by atoms with van der Waals surface area (Å²) in [6.45, 7) is 3.77. The molecule has 0 saturated carbocycles. The van der Waals surface area contributed by atoms with E-state index in [0.29, 0.717) is 0 Å². The van der Waals surface area contributed by atoms with E-state index in [4.69, 9.17) is 4.74 Å². The molecule has 100 valence electrons. The van der Waals surface area contributed by atoms with Gasteiger partial charge in [-0.3, -0.25) is 0 Å². The molecular formula is C16H17BrO2. The molecule has 0 aliphatic carbocycles. The van der Waals surface area contributed by atoms with Gasteiger partial charge in [0.1, 0.15) is 11.4 Å². The van der Waals surface area contributed by atoms with Crippen LogP contribution >= 0.6 is 15.9 Å².